The number of oxazole rings is 2. The summed E-state index contributed by atoms with van der Waals surface area (Å²) in [6.07, 6.45) is 0. The molecule has 50 heavy (non-hydrogen) atoms. The van der Waals surface area contributed by atoms with Crippen molar-refractivity contribution in [3.05, 3.63) is 180 Å². The van der Waals surface area contributed by atoms with Gasteiger partial charge in [-0.1, -0.05) is 97.1 Å². The van der Waals surface area contributed by atoms with Crippen molar-refractivity contribution in [2.24, 2.45) is 0 Å². The number of ether oxygens (including phenoxy) is 1. The van der Waals surface area contributed by atoms with E-state index in [2.05, 4.69) is 97.1 Å². The van der Waals surface area contributed by atoms with Gasteiger partial charge in [-0.15, -0.1) is 0 Å². The highest BCUT2D eigenvalue weighted by atomic mass is 16.5. The van der Waals surface area contributed by atoms with Crippen LogP contribution in [0.2, 0.25) is 0 Å². The van der Waals surface area contributed by atoms with Gasteiger partial charge < -0.3 is 13.6 Å². The van der Waals surface area contributed by atoms with Gasteiger partial charge in [-0.3, -0.25) is 0 Å². The van der Waals surface area contributed by atoms with Crippen LogP contribution in [0.25, 0.3) is 67.4 Å². The van der Waals surface area contributed by atoms with Crippen molar-refractivity contribution < 1.29 is 13.6 Å². The Morgan fingerprint density at radius 2 is 0.880 bits per heavy atom. The van der Waals surface area contributed by atoms with Crippen LogP contribution in [0.4, 0.5) is 0 Å². The molecule has 5 heteroatoms. The average molecular weight is 643 g/mol. The third-order valence-electron chi connectivity index (χ3n) is 10.2. The standard InChI is InChI=1S/C45H26N2O3/c1-3-13-33-31(11-1)32-12-2-4-14-34(32)45(33)35-15-5-8-18-39(35)48-40-22-21-27(26-36(40)45)28-23-29(43-46-37-16-6-9-19-41(37)49-43)25-30(24-28)44-47-38-17-7-10-20-42(38)50-44/h1-26H. The lowest BCUT2D eigenvalue weighted by molar-refractivity contribution is 0.436. The minimum atomic E-state index is -0.561. The lowest BCUT2D eigenvalue weighted by Gasteiger charge is -2.39. The monoisotopic (exact) mass is 642 g/mol. The Bertz CT molecular complexity index is 2620. The van der Waals surface area contributed by atoms with Gasteiger partial charge in [0.05, 0.1) is 5.41 Å². The second-order valence-corrected chi connectivity index (χ2v) is 12.9. The van der Waals surface area contributed by atoms with Crippen molar-refractivity contribution in [3.8, 4) is 56.7 Å². The molecule has 2 aromatic heterocycles. The third-order valence-corrected chi connectivity index (χ3v) is 10.2. The first-order chi connectivity index (χ1) is 24.7. The fraction of sp³-hybridized carbons (Fsp3) is 0.0222. The topological polar surface area (TPSA) is 61.3 Å². The smallest absolute Gasteiger partial charge is 0.227 e. The third kappa shape index (κ3) is 3.77. The Labute approximate surface area is 287 Å². The van der Waals surface area contributed by atoms with Gasteiger partial charge in [0.25, 0.3) is 0 Å². The molecule has 0 atom stereocenters. The molecule has 0 bridgehead atoms. The number of aromatic nitrogens is 2. The molecular weight excluding hydrogens is 617 g/mol. The number of benzene rings is 7. The summed E-state index contributed by atoms with van der Waals surface area (Å²) in [5.74, 6) is 2.79. The SMILES string of the molecule is c1ccc2c(c1)Oc1ccc(-c3cc(-c4nc5ccccc5o4)cc(-c4nc5ccccc5o4)c3)cc1C21c2ccccc2-c2ccccc21. The molecule has 0 fully saturated rings. The van der Waals surface area contributed by atoms with Gasteiger partial charge in [0.15, 0.2) is 11.2 Å². The molecule has 3 heterocycles. The minimum absolute atomic E-state index is 0.538. The molecular formula is C45H26N2O3. The molecule has 9 aromatic rings. The molecule has 0 saturated carbocycles. The zero-order chi connectivity index (χ0) is 32.8. The fourth-order valence-electron chi connectivity index (χ4n) is 8.07. The molecule has 1 aliphatic heterocycles. The van der Waals surface area contributed by atoms with Gasteiger partial charge in [0.1, 0.15) is 22.5 Å². The van der Waals surface area contributed by atoms with Crippen LogP contribution in [-0.4, -0.2) is 9.97 Å². The summed E-state index contributed by atoms with van der Waals surface area (Å²) < 4.78 is 19.3. The second kappa shape index (κ2) is 10.1. The summed E-state index contributed by atoms with van der Waals surface area (Å²) in [7, 11) is 0. The number of fused-ring (bicyclic) bond motifs is 11. The molecule has 0 radical (unpaired) electrons. The molecule has 1 aliphatic carbocycles. The number of hydrogen-bond donors (Lipinski definition) is 0. The Balaban J connectivity index is 1.17. The molecule has 0 saturated heterocycles. The predicted octanol–water partition coefficient (Wildman–Crippen LogP) is 11.4. The van der Waals surface area contributed by atoms with Crippen LogP contribution in [0.15, 0.2) is 167 Å². The fourth-order valence-corrected chi connectivity index (χ4v) is 8.07. The minimum Gasteiger partial charge on any atom is -0.457 e. The van der Waals surface area contributed by atoms with Crippen molar-refractivity contribution in [1.29, 1.82) is 0 Å². The number of rotatable bonds is 3. The largest absolute Gasteiger partial charge is 0.457 e. The van der Waals surface area contributed by atoms with Gasteiger partial charge in [-0.2, -0.15) is 0 Å². The first-order valence-corrected chi connectivity index (χ1v) is 16.7. The highest BCUT2D eigenvalue weighted by molar-refractivity contribution is 5.90. The normalized spacial score (nSPS) is 13.5. The zero-order valence-corrected chi connectivity index (χ0v) is 26.6. The van der Waals surface area contributed by atoms with E-state index in [0.717, 1.165) is 67.1 Å². The van der Waals surface area contributed by atoms with Crippen LogP contribution >= 0.6 is 0 Å². The molecule has 234 valence electrons. The van der Waals surface area contributed by atoms with E-state index >= 15 is 0 Å². The van der Waals surface area contributed by atoms with Gasteiger partial charge in [-0.25, -0.2) is 9.97 Å². The second-order valence-electron chi connectivity index (χ2n) is 12.9. The number of nitrogens with zero attached hydrogens (tertiary/aromatic N) is 2. The van der Waals surface area contributed by atoms with Crippen LogP contribution in [-0.2, 0) is 5.41 Å². The molecule has 0 N–H and O–H groups in total. The van der Waals surface area contributed by atoms with E-state index in [9.17, 15) is 0 Å². The lowest BCUT2D eigenvalue weighted by atomic mass is 9.66. The summed E-state index contributed by atoms with van der Waals surface area (Å²) >= 11 is 0. The molecule has 0 unspecified atom stereocenters. The quantitative estimate of drug-likeness (QED) is 0.192. The van der Waals surface area contributed by atoms with Crippen molar-refractivity contribution in [3.63, 3.8) is 0 Å². The van der Waals surface area contributed by atoms with Crippen molar-refractivity contribution in [2.45, 2.75) is 5.41 Å². The number of para-hydroxylation sites is 5. The summed E-state index contributed by atoms with van der Waals surface area (Å²) in [4.78, 5) is 9.72. The van der Waals surface area contributed by atoms with Crippen molar-refractivity contribution in [1.82, 2.24) is 9.97 Å². The Hall–Kier alpha value is -6.72. The van der Waals surface area contributed by atoms with Crippen LogP contribution in [0.1, 0.15) is 22.3 Å². The van der Waals surface area contributed by atoms with E-state index in [1.54, 1.807) is 0 Å². The van der Waals surface area contributed by atoms with Crippen LogP contribution in [0.3, 0.4) is 0 Å². The maximum absolute atomic E-state index is 6.69. The van der Waals surface area contributed by atoms with Gasteiger partial charge in [0.2, 0.25) is 11.8 Å². The Kier molecular flexibility index (Phi) is 5.53. The van der Waals surface area contributed by atoms with Crippen molar-refractivity contribution >= 4 is 22.2 Å². The molecule has 5 nitrogen and oxygen atoms in total. The maximum Gasteiger partial charge on any atom is 0.227 e. The molecule has 7 aromatic carbocycles. The van der Waals surface area contributed by atoms with E-state index < -0.39 is 5.41 Å². The van der Waals surface area contributed by atoms with Gasteiger partial charge in [0, 0.05) is 22.3 Å². The van der Waals surface area contributed by atoms with Crippen LogP contribution in [0, 0.1) is 0 Å². The average Bonchev–Trinajstić information content (AvgIpc) is 3.89. The summed E-state index contributed by atoms with van der Waals surface area (Å²) in [5.41, 5.74) is 13.4. The highest BCUT2D eigenvalue weighted by Crippen LogP contribution is 2.62. The molecule has 0 amide bonds. The first-order valence-electron chi connectivity index (χ1n) is 16.7. The van der Waals surface area contributed by atoms with E-state index in [4.69, 9.17) is 23.5 Å². The Morgan fingerprint density at radius 3 is 1.50 bits per heavy atom. The molecule has 1 spiro atoms. The van der Waals surface area contributed by atoms with Crippen molar-refractivity contribution in [2.75, 3.05) is 0 Å². The van der Waals surface area contributed by atoms with Gasteiger partial charge in [-0.05, 0) is 94.0 Å². The highest BCUT2D eigenvalue weighted by Gasteiger charge is 2.51. The maximum atomic E-state index is 6.69. The Morgan fingerprint density at radius 1 is 0.380 bits per heavy atom. The summed E-state index contributed by atoms with van der Waals surface area (Å²) in [6.45, 7) is 0. The van der Waals surface area contributed by atoms with E-state index in [0.29, 0.717) is 11.8 Å². The first kappa shape index (κ1) is 27.3. The summed E-state index contributed by atoms with van der Waals surface area (Å²) in [5, 5.41) is 0. The predicted molar refractivity (Wildman–Crippen MR) is 195 cm³/mol. The van der Waals surface area contributed by atoms with E-state index in [-0.39, 0.29) is 0 Å². The van der Waals surface area contributed by atoms with Crippen LogP contribution < -0.4 is 4.74 Å². The van der Waals surface area contributed by atoms with E-state index in [1.165, 1.54) is 22.3 Å². The van der Waals surface area contributed by atoms with Crippen LogP contribution in [0.5, 0.6) is 11.5 Å². The lowest BCUT2D eigenvalue weighted by Crippen LogP contribution is -2.32. The summed E-state index contributed by atoms with van der Waals surface area (Å²) in [6, 6.07) is 54.5. The number of hydrogen-bond acceptors (Lipinski definition) is 5. The molecule has 2 aliphatic rings. The zero-order valence-electron chi connectivity index (χ0n) is 26.6. The molecule has 11 rings (SSSR count). The van der Waals surface area contributed by atoms with E-state index in [1.807, 2.05) is 60.7 Å². The van der Waals surface area contributed by atoms with Gasteiger partial charge >= 0.3 is 0 Å².